The van der Waals surface area contributed by atoms with E-state index in [1.807, 2.05) is 0 Å². The fraction of sp³-hybridized carbons (Fsp3) is 0.333. The standard InChI is InChI=1S/C15H16N2O5/c1-15(2,3)14(19)10(8-16)5-9-6-11(17(20)21)13(18)12(7-9)22-4/h5-7,18H,1-4H3/p-1/b10-5+. The van der Waals surface area contributed by atoms with Crippen molar-refractivity contribution < 1.29 is 19.6 Å². The number of ether oxygens (including phenoxy) is 1. The van der Waals surface area contributed by atoms with E-state index in [4.69, 9.17) is 10.00 Å². The molecule has 7 nitrogen and oxygen atoms in total. The number of nitro groups is 1. The van der Waals surface area contributed by atoms with Gasteiger partial charge in [0.05, 0.1) is 17.6 Å². The van der Waals surface area contributed by atoms with Crippen LogP contribution < -0.4 is 9.84 Å². The minimum absolute atomic E-state index is 0.150. The summed E-state index contributed by atoms with van der Waals surface area (Å²) in [4.78, 5) is 22.2. The molecular formula is C15H15N2O5-. The Morgan fingerprint density at radius 3 is 2.41 bits per heavy atom. The highest BCUT2D eigenvalue weighted by atomic mass is 16.6. The number of ketones is 1. The van der Waals surface area contributed by atoms with Gasteiger partial charge >= 0.3 is 0 Å². The number of carbonyl (C=O) groups is 1. The normalized spacial score (nSPS) is 11.7. The van der Waals surface area contributed by atoms with Gasteiger partial charge in [-0.05, 0) is 17.7 Å². The van der Waals surface area contributed by atoms with Gasteiger partial charge in [-0.15, -0.1) is 0 Å². The van der Waals surface area contributed by atoms with Crippen LogP contribution in [0.4, 0.5) is 5.69 Å². The van der Waals surface area contributed by atoms with Gasteiger partial charge in [-0.2, -0.15) is 5.26 Å². The number of rotatable bonds is 4. The van der Waals surface area contributed by atoms with Crippen molar-refractivity contribution in [1.29, 1.82) is 5.26 Å². The topological polar surface area (TPSA) is 116 Å². The molecule has 1 rings (SSSR count). The van der Waals surface area contributed by atoms with Crippen LogP contribution in [0.25, 0.3) is 6.08 Å². The first kappa shape index (κ1) is 17.2. The third kappa shape index (κ3) is 3.61. The second kappa shape index (κ2) is 6.26. The van der Waals surface area contributed by atoms with Crippen LogP contribution in [0.15, 0.2) is 17.7 Å². The van der Waals surface area contributed by atoms with Crippen LogP contribution in [0.2, 0.25) is 0 Å². The minimum atomic E-state index is -0.856. The van der Waals surface area contributed by atoms with Gasteiger partial charge in [-0.3, -0.25) is 14.9 Å². The van der Waals surface area contributed by atoms with Gasteiger partial charge in [0.15, 0.2) is 5.78 Å². The second-order valence-electron chi connectivity index (χ2n) is 5.58. The SMILES string of the molecule is COc1cc(/C=C(\C#N)C(=O)C(C)(C)C)cc([N+](=O)[O-])c1[O-]. The smallest absolute Gasteiger partial charge is 0.266 e. The van der Waals surface area contributed by atoms with Crippen LogP contribution in [0, 0.1) is 26.9 Å². The van der Waals surface area contributed by atoms with Crippen molar-refractivity contribution in [3.8, 4) is 17.6 Å². The van der Waals surface area contributed by atoms with Crippen LogP contribution in [0.5, 0.6) is 11.5 Å². The summed E-state index contributed by atoms with van der Waals surface area (Å²) < 4.78 is 4.81. The summed E-state index contributed by atoms with van der Waals surface area (Å²) in [5, 5.41) is 31.7. The molecule has 0 saturated heterocycles. The summed E-state index contributed by atoms with van der Waals surface area (Å²) >= 11 is 0. The minimum Gasteiger partial charge on any atom is -0.865 e. The number of hydrogen-bond donors (Lipinski definition) is 0. The van der Waals surface area contributed by atoms with Gasteiger partial charge in [0.1, 0.15) is 11.8 Å². The van der Waals surface area contributed by atoms with Gasteiger partial charge in [-0.1, -0.05) is 20.8 Å². The first-order chi connectivity index (χ1) is 10.1. The first-order valence-electron chi connectivity index (χ1n) is 6.32. The van der Waals surface area contributed by atoms with E-state index >= 15 is 0 Å². The Balaban J connectivity index is 3.47. The maximum atomic E-state index is 12.1. The number of methoxy groups -OCH3 is 1. The predicted octanol–water partition coefficient (Wildman–Crippen LogP) is 2.20. The zero-order valence-electron chi connectivity index (χ0n) is 12.7. The molecule has 0 aliphatic heterocycles. The van der Waals surface area contributed by atoms with Crippen LogP contribution in [-0.4, -0.2) is 17.8 Å². The lowest BCUT2D eigenvalue weighted by molar-refractivity contribution is -0.398. The molecule has 0 saturated carbocycles. The molecule has 22 heavy (non-hydrogen) atoms. The maximum Gasteiger partial charge on any atom is 0.266 e. The van der Waals surface area contributed by atoms with E-state index < -0.39 is 27.6 Å². The summed E-state index contributed by atoms with van der Waals surface area (Å²) in [7, 11) is 1.21. The van der Waals surface area contributed by atoms with Crippen LogP contribution in [0.3, 0.4) is 0 Å². The van der Waals surface area contributed by atoms with E-state index in [0.29, 0.717) is 0 Å². The summed E-state index contributed by atoms with van der Waals surface area (Å²) in [5.74, 6) is -1.48. The first-order valence-corrected chi connectivity index (χ1v) is 6.32. The molecule has 0 aliphatic carbocycles. The number of Topliss-reactive ketones (excluding diaryl/α,β-unsaturated/α-hetero) is 1. The predicted molar refractivity (Wildman–Crippen MR) is 77.1 cm³/mol. The van der Waals surface area contributed by atoms with E-state index in [1.165, 1.54) is 19.3 Å². The molecule has 0 spiro atoms. The lowest BCUT2D eigenvalue weighted by atomic mass is 9.86. The quantitative estimate of drug-likeness (QED) is 0.364. The Hall–Kier alpha value is -2.88. The van der Waals surface area contributed by atoms with Gasteiger partial charge in [0.2, 0.25) is 0 Å². The third-order valence-corrected chi connectivity index (χ3v) is 2.83. The Kier molecular flexibility index (Phi) is 4.89. The van der Waals surface area contributed by atoms with E-state index in [2.05, 4.69) is 0 Å². The van der Waals surface area contributed by atoms with Crippen molar-refractivity contribution in [3.05, 3.63) is 33.4 Å². The molecule has 0 amide bonds. The molecule has 116 valence electrons. The Morgan fingerprint density at radius 2 is 2.00 bits per heavy atom. The van der Waals surface area contributed by atoms with Crippen molar-refractivity contribution in [2.75, 3.05) is 7.11 Å². The highest BCUT2D eigenvalue weighted by Crippen LogP contribution is 2.35. The molecule has 0 N–H and O–H groups in total. The van der Waals surface area contributed by atoms with Gasteiger partial charge in [-0.25, -0.2) is 0 Å². The number of carbonyl (C=O) groups excluding carboxylic acids is 1. The molecule has 1 aromatic carbocycles. The molecular weight excluding hydrogens is 288 g/mol. The lowest BCUT2D eigenvalue weighted by Crippen LogP contribution is -2.21. The number of nitrogens with zero attached hydrogens (tertiary/aromatic N) is 2. The lowest BCUT2D eigenvalue weighted by Gasteiger charge is -2.16. The molecule has 0 aromatic heterocycles. The van der Waals surface area contributed by atoms with Crippen molar-refractivity contribution in [1.82, 2.24) is 0 Å². The molecule has 7 heteroatoms. The highest BCUT2D eigenvalue weighted by Gasteiger charge is 2.25. The van der Waals surface area contributed by atoms with Gasteiger partial charge in [0.25, 0.3) is 5.69 Å². The van der Waals surface area contributed by atoms with Gasteiger partial charge < -0.3 is 9.84 Å². The van der Waals surface area contributed by atoms with Crippen LogP contribution in [-0.2, 0) is 4.79 Å². The highest BCUT2D eigenvalue weighted by molar-refractivity contribution is 6.06. The maximum absolute atomic E-state index is 12.1. The van der Waals surface area contributed by atoms with E-state index in [0.717, 1.165) is 6.07 Å². The van der Waals surface area contributed by atoms with Crippen LogP contribution in [0.1, 0.15) is 26.3 Å². The zero-order chi connectivity index (χ0) is 17.1. The molecule has 0 heterocycles. The number of benzene rings is 1. The van der Waals surface area contributed by atoms with Crippen molar-refractivity contribution in [2.24, 2.45) is 5.41 Å². The van der Waals surface area contributed by atoms with E-state index in [-0.39, 0.29) is 16.9 Å². The van der Waals surface area contributed by atoms with Gasteiger partial charge in [0, 0.05) is 17.2 Å². The number of nitriles is 1. The monoisotopic (exact) mass is 303 g/mol. The number of nitro benzene ring substituents is 1. The average molecular weight is 303 g/mol. The van der Waals surface area contributed by atoms with Crippen LogP contribution >= 0.6 is 0 Å². The molecule has 0 atom stereocenters. The molecule has 0 unspecified atom stereocenters. The molecule has 1 aromatic rings. The molecule has 0 aliphatic rings. The largest absolute Gasteiger partial charge is 0.865 e. The summed E-state index contributed by atoms with van der Waals surface area (Å²) in [5.41, 5.74) is -1.42. The van der Waals surface area contributed by atoms with E-state index in [1.54, 1.807) is 26.8 Å². The number of allylic oxidation sites excluding steroid dienone is 1. The molecule has 0 radical (unpaired) electrons. The van der Waals surface area contributed by atoms with Crippen molar-refractivity contribution >= 4 is 17.5 Å². The second-order valence-corrected chi connectivity index (χ2v) is 5.58. The Labute approximate surface area is 127 Å². The van der Waals surface area contributed by atoms with Crippen molar-refractivity contribution in [2.45, 2.75) is 20.8 Å². The van der Waals surface area contributed by atoms with E-state index in [9.17, 15) is 20.0 Å². The van der Waals surface area contributed by atoms with Crippen molar-refractivity contribution in [3.63, 3.8) is 0 Å². The summed E-state index contributed by atoms with van der Waals surface area (Å²) in [6.45, 7) is 4.97. The molecule has 0 bridgehead atoms. The third-order valence-electron chi connectivity index (χ3n) is 2.83. The Bertz CT molecular complexity index is 693. The Morgan fingerprint density at radius 1 is 1.41 bits per heavy atom. The molecule has 0 fully saturated rings. The fourth-order valence-electron chi connectivity index (χ4n) is 1.70. The number of hydrogen-bond acceptors (Lipinski definition) is 6. The fourth-order valence-corrected chi connectivity index (χ4v) is 1.70. The summed E-state index contributed by atoms with van der Waals surface area (Å²) in [6, 6.07) is 4.05. The zero-order valence-corrected chi connectivity index (χ0v) is 12.7. The average Bonchev–Trinajstić information content (AvgIpc) is 2.43. The summed E-state index contributed by atoms with van der Waals surface area (Å²) in [6.07, 6.45) is 1.21.